The lowest BCUT2D eigenvalue weighted by atomic mass is 10.1. The number of nitrogens with one attached hydrogen (secondary N) is 1. The topological polar surface area (TPSA) is 94.3 Å². The molecule has 0 aromatic carbocycles. The van der Waals surface area contributed by atoms with Gasteiger partial charge in [-0.3, -0.25) is 0 Å². The second-order valence-corrected chi connectivity index (χ2v) is 10.5. The summed E-state index contributed by atoms with van der Waals surface area (Å²) in [6.45, 7) is 8.97. The number of hydrogen-bond acceptors (Lipinski definition) is 5. The van der Waals surface area contributed by atoms with Crippen molar-refractivity contribution in [3.05, 3.63) is 0 Å². The second kappa shape index (κ2) is 35.3. The molecule has 6 heteroatoms. The minimum atomic E-state index is -0.909. The highest BCUT2D eigenvalue weighted by molar-refractivity contribution is 5.64. The van der Waals surface area contributed by atoms with Gasteiger partial charge in [0.2, 0.25) is 0 Å². The molecule has 0 aromatic heterocycles. The molecule has 0 radical (unpaired) electrons. The molecule has 0 aromatic rings. The van der Waals surface area contributed by atoms with Crippen LogP contribution in [-0.2, 0) is 9.53 Å². The third kappa shape index (κ3) is 37.5. The maximum Gasteiger partial charge on any atom is 0.101 e. The lowest BCUT2D eigenvalue weighted by Gasteiger charge is -2.17. The van der Waals surface area contributed by atoms with Crippen molar-refractivity contribution in [1.29, 1.82) is 0 Å². The van der Waals surface area contributed by atoms with Gasteiger partial charge in [0.05, 0.1) is 26.4 Å². The Morgan fingerprint density at radius 1 is 0.568 bits per heavy atom. The van der Waals surface area contributed by atoms with Gasteiger partial charge >= 0.3 is 0 Å². The summed E-state index contributed by atoms with van der Waals surface area (Å²) >= 11 is 0. The van der Waals surface area contributed by atoms with Crippen LogP contribution in [0.3, 0.4) is 0 Å². The number of carboxylic acids is 1. The Balaban J connectivity index is 0. The number of aliphatic carboxylic acids is 1. The van der Waals surface area contributed by atoms with E-state index >= 15 is 0 Å². The lowest BCUT2D eigenvalue weighted by Crippen LogP contribution is -3.13. The fraction of sp³-hybridized carbons (Fsp3) is 0.968. The average Bonchev–Trinajstić information content (AvgIpc) is 2.88. The highest BCUT2D eigenvalue weighted by Crippen LogP contribution is 2.11. The lowest BCUT2D eigenvalue weighted by molar-refractivity contribution is -0.901. The largest absolute Gasteiger partial charge is 0.550 e. The summed E-state index contributed by atoms with van der Waals surface area (Å²) in [7, 11) is 0. The number of carboxylic acid groups (broad SMARTS) is 1. The number of quaternary nitrogens is 1. The predicted molar refractivity (Wildman–Crippen MR) is 154 cm³/mol. The molecule has 0 aliphatic rings. The van der Waals surface area contributed by atoms with Gasteiger partial charge in [-0.25, -0.2) is 0 Å². The Morgan fingerprint density at radius 2 is 0.946 bits per heavy atom. The van der Waals surface area contributed by atoms with E-state index in [0.29, 0.717) is 0 Å². The molecule has 0 spiro atoms. The van der Waals surface area contributed by atoms with Crippen LogP contribution in [-0.4, -0.2) is 62.2 Å². The van der Waals surface area contributed by atoms with Crippen LogP contribution in [0.5, 0.6) is 0 Å². The van der Waals surface area contributed by atoms with Gasteiger partial charge in [0.15, 0.2) is 0 Å². The Kier molecular flexibility index (Phi) is 36.7. The van der Waals surface area contributed by atoms with Crippen LogP contribution in [0.1, 0.15) is 149 Å². The van der Waals surface area contributed by atoms with E-state index in [4.69, 9.17) is 14.9 Å². The van der Waals surface area contributed by atoms with E-state index in [1.54, 1.807) is 0 Å². The normalized spacial score (nSPS) is 11.1. The summed E-state index contributed by atoms with van der Waals surface area (Å²) in [5.41, 5.74) is 0. The van der Waals surface area contributed by atoms with E-state index in [9.17, 15) is 9.90 Å². The molecule has 0 aliphatic heterocycles. The van der Waals surface area contributed by atoms with Crippen LogP contribution in [0.25, 0.3) is 0 Å². The molecule has 0 bridgehead atoms. The van der Waals surface area contributed by atoms with Gasteiger partial charge in [-0.2, -0.15) is 0 Å². The smallest absolute Gasteiger partial charge is 0.101 e. The fourth-order valence-electron chi connectivity index (χ4n) is 4.49. The molecule has 6 nitrogen and oxygen atoms in total. The first-order valence-corrected chi connectivity index (χ1v) is 15.9. The van der Waals surface area contributed by atoms with Crippen molar-refractivity contribution in [1.82, 2.24) is 0 Å². The van der Waals surface area contributed by atoms with Gasteiger partial charge in [-0.1, -0.05) is 123 Å². The standard InChI is InChI=1S/C19H41NO3.C12H24O2/c1-2-3-4-5-6-7-8-9-10-11-18-23-19-12-13-20(14-16-21)15-17-22;1-2-3-4-5-6-7-8-9-10-11-12(13)14/h21-22H,2-19H2,1H3;2-11H2,1H3,(H,13,14). The summed E-state index contributed by atoms with van der Waals surface area (Å²) in [6.07, 6.45) is 25.8. The molecule has 0 unspecified atom stereocenters. The number of rotatable bonds is 29. The molecular formula is C31H65NO5. The number of ether oxygens (including phenoxy) is 1. The summed E-state index contributed by atoms with van der Waals surface area (Å²) in [5, 5.41) is 28.0. The number of carbonyl (C=O) groups excluding carboxylic acids is 1. The summed E-state index contributed by atoms with van der Waals surface area (Å²) in [5.74, 6) is -0.909. The highest BCUT2D eigenvalue weighted by atomic mass is 16.5. The summed E-state index contributed by atoms with van der Waals surface area (Å²) in [4.78, 5) is 11.4. The van der Waals surface area contributed by atoms with Crippen LogP contribution >= 0.6 is 0 Å². The van der Waals surface area contributed by atoms with Crippen molar-refractivity contribution < 1.29 is 29.8 Å². The van der Waals surface area contributed by atoms with Crippen molar-refractivity contribution in [2.75, 3.05) is 46.1 Å². The number of aliphatic hydroxyl groups is 2. The average molecular weight is 532 g/mol. The third-order valence-electron chi connectivity index (χ3n) is 6.88. The molecule has 224 valence electrons. The Labute approximate surface area is 230 Å². The molecule has 0 aliphatic carbocycles. The Bertz CT molecular complexity index is 416. The van der Waals surface area contributed by atoms with Crippen LogP contribution in [0.4, 0.5) is 0 Å². The molecule has 0 atom stereocenters. The van der Waals surface area contributed by atoms with Gasteiger partial charge in [-0.05, 0) is 19.3 Å². The Morgan fingerprint density at radius 3 is 1.35 bits per heavy atom. The number of hydrogen-bond donors (Lipinski definition) is 3. The maximum absolute atomic E-state index is 10.1. The van der Waals surface area contributed by atoms with Gasteiger partial charge < -0.3 is 29.8 Å². The fourth-order valence-corrected chi connectivity index (χ4v) is 4.49. The van der Waals surface area contributed by atoms with Crippen molar-refractivity contribution in [3.8, 4) is 0 Å². The predicted octanol–water partition coefficient (Wildman–Crippen LogP) is 4.84. The van der Waals surface area contributed by atoms with Crippen molar-refractivity contribution in [2.24, 2.45) is 0 Å². The van der Waals surface area contributed by atoms with Crippen LogP contribution < -0.4 is 10.0 Å². The third-order valence-corrected chi connectivity index (χ3v) is 6.88. The van der Waals surface area contributed by atoms with Crippen LogP contribution in [0.2, 0.25) is 0 Å². The first kappa shape index (κ1) is 38.5. The molecular weight excluding hydrogens is 466 g/mol. The minimum absolute atomic E-state index is 0.189. The van der Waals surface area contributed by atoms with Crippen molar-refractivity contribution >= 4 is 5.97 Å². The number of carbonyl (C=O) groups is 1. The SMILES string of the molecule is CCCCCCCCCCCC(=O)[O-].CCCCCCCCCCCCOCCC[NH+](CCO)CCO. The van der Waals surface area contributed by atoms with Gasteiger partial charge in [0.25, 0.3) is 0 Å². The molecule has 0 saturated carbocycles. The number of unbranched alkanes of at least 4 members (excludes halogenated alkanes) is 17. The zero-order valence-corrected chi connectivity index (χ0v) is 24.9. The van der Waals surface area contributed by atoms with Crippen molar-refractivity contribution in [3.63, 3.8) is 0 Å². The van der Waals surface area contributed by atoms with E-state index in [1.807, 2.05) is 0 Å². The second-order valence-electron chi connectivity index (χ2n) is 10.5. The molecule has 0 amide bonds. The van der Waals surface area contributed by atoms with Gasteiger partial charge in [0.1, 0.15) is 13.1 Å². The quantitative estimate of drug-likeness (QED) is 0.120. The monoisotopic (exact) mass is 531 g/mol. The van der Waals surface area contributed by atoms with E-state index in [2.05, 4.69) is 13.8 Å². The van der Waals surface area contributed by atoms with Crippen LogP contribution in [0, 0.1) is 0 Å². The molecule has 0 fully saturated rings. The first-order chi connectivity index (χ1) is 18.1. The zero-order chi connectivity index (χ0) is 27.7. The maximum atomic E-state index is 10.1. The summed E-state index contributed by atoms with van der Waals surface area (Å²) in [6, 6.07) is 0. The molecule has 0 rings (SSSR count). The van der Waals surface area contributed by atoms with E-state index in [0.717, 1.165) is 52.1 Å². The van der Waals surface area contributed by atoms with E-state index in [1.165, 1.54) is 114 Å². The Hall–Kier alpha value is -0.690. The number of aliphatic hydroxyl groups excluding tert-OH is 2. The first-order valence-electron chi connectivity index (χ1n) is 15.9. The molecule has 0 saturated heterocycles. The van der Waals surface area contributed by atoms with E-state index < -0.39 is 5.97 Å². The molecule has 0 heterocycles. The zero-order valence-electron chi connectivity index (χ0n) is 24.9. The molecule has 37 heavy (non-hydrogen) atoms. The highest BCUT2D eigenvalue weighted by Gasteiger charge is 2.06. The van der Waals surface area contributed by atoms with Crippen LogP contribution in [0.15, 0.2) is 0 Å². The summed E-state index contributed by atoms with van der Waals surface area (Å²) < 4.78 is 5.67. The molecule has 3 N–H and O–H groups in total. The minimum Gasteiger partial charge on any atom is -0.550 e. The van der Waals surface area contributed by atoms with E-state index in [-0.39, 0.29) is 19.6 Å². The van der Waals surface area contributed by atoms with Gasteiger partial charge in [0, 0.05) is 19.0 Å². The van der Waals surface area contributed by atoms with Crippen molar-refractivity contribution in [2.45, 2.75) is 149 Å². The van der Waals surface area contributed by atoms with Gasteiger partial charge in [-0.15, -0.1) is 0 Å².